The van der Waals surface area contributed by atoms with Crippen molar-refractivity contribution in [1.82, 2.24) is 14.9 Å². The molecule has 2 aromatic carbocycles. The van der Waals surface area contributed by atoms with Crippen molar-refractivity contribution in [3.05, 3.63) is 81.4 Å². The molecule has 1 aromatic heterocycles. The van der Waals surface area contributed by atoms with Crippen LogP contribution < -0.4 is 5.32 Å². The van der Waals surface area contributed by atoms with E-state index in [1.54, 1.807) is 6.33 Å². The molecular formula is C20H16Cl2N4O. The van der Waals surface area contributed by atoms with Gasteiger partial charge in [0, 0.05) is 27.7 Å². The number of benzene rings is 2. The number of hydrogen-bond donors (Lipinski definition) is 1. The molecule has 1 aliphatic rings. The Bertz CT molecular complexity index is 1070. The summed E-state index contributed by atoms with van der Waals surface area (Å²) in [6, 6.07) is 13.2. The normalized spacial score (nSPS) is 12.6. The number of fused-ring (bicyclic) bond motifs is 3. The zero-order valence-corrected chi connectivity index (χ0v) is 16.1. The van der Waals surface area contributed by atoms with Crippen molar-refractivity contribution in [2.45, 2.75) is 13.5 Å². The molecule has 5 nitrogen and oxygen atoms in total. The van der Waals surface area contributed by atoms with Crippen molar-refractivity contribution in [2.24, 2.45) is 4.99 Å². The van der Waals surface area contributed by atoms with E-state index >= 15 is 0 Å². The Kier molecular flexibility index (Phi) is 4.72. The summed E-state index contributed by atoms with van der Waals surface area (Å²) in [5.74, 6) is -0.216. The summed E-state index contributed by atoms with van der Waals surface area (Å²) in [5, 5.41) is 4.00. The first-order valence-corrected chi connectivity index (χ1v) is 9.29. The van der Waals surface area contributed by atoms with Crippen LogP contribution in [-0.2, 0) is 6.54 Å². The molecule has 1 N–H and O–H groups in total. The molecule has 1 aliphatic heterocycles. The van der Waals surface area contributed by atoms with E-state index in [1.165, 1.54) is 0 Å². The Hall–Kier alpha value is -2.63. The average Bonchev–Trinajstić information content (AvgIpc) is 3.01. The highest BCUT2D eigenvalue weighted by Crippen LogP contribution is 2.30. The Balaban J connectivity index is 1.94. The Morgan fingerprint density at radius 3 is 2.78 bits per heavy atom. The van der Waals surface area contributed by atoms with Gasteiger partial charge >= 0.3 is 0 Å². The van der Waals surface area contributed by atoms with Crippen LogP contribution in [0.15, 0.2) is 53.8 Å². The van der Waals surface area contributed by atoms with Gasteiger partial charge in [-0.3, -0.25) is 14.4 Å². The molecule has 0 atom stereocenters. The molecule has 4 rings (SSSR count). The van der Waals surface area contributed by atoms with Crippen LogP contribution in [0.2, 0.25) is 10.0 Å². The van der Waals surface area contributed by atoms with Crippen LogP contribution in [0.4, 0.5) is 0 Å². The molecule has 27 heavy (non-hydrogen) atoms. The number of halogens is 2. The number of carbonyl (C=O) groups excluding carboxylic acids is 1. The van der Waals surface area contributed by atoms with Gasteiger partial charge in [0.05, 0.1) is 23.6 Å². The van der Waals surface area contributed by atoms with Gasteiger partial charge in [-0.1, -0.05) is 41.4 Å². The molecule has 0 saturated heterocycles. The molecule has 2 heterocycles. The molecule has 0 radical (unpaired) electrons. The van der Waals surface area contributed by atoms with Crippen LogP contribution in [0.3, 0.4) is 0 Å². The summed E-state index contributed by atoms with van der Waals surface area (Å²) in [6.07, 6.45) is 1.64. The van der Waals surface area contributed by atoms with Gasteiger partial charge in [0.2, 0.25) is 0 Å². The highest BCUT2D eigenvalue weighted by Gasteiger charge is 2.25. The molecule has 0 aliphatic carbocycles. The van der Waals surface area contributed by atoms with E-state index < -0.39 is 0 Å². The van der Waals surface area contributed by atoms with Crippen molar-refractivity contribution >= 4 is 34.8 Å². The number of rotatable bonds is 3. The lowest BCUT2D eigenvalue weighted by atomic mass is 10.0. The van der Waals surface area contributed by atoms with Gasteiger partial charge in [0.15, 0.2) is 5.69 Å². The minimum Gasteiger partial charge on any atom is -0.351 e. The minimum atomic E-state index is -0.216. The van der Waals surface area contributed by atoms with Gasteiger partial charge in [0.1, 0.15) is 6.33 Å². The van der Waals surface area contributed by atoms with E-state index in [4.69, 9.17) is 28.2 Å². The van der Waals surface area contributed by atoms with E-state index in [1.807, 2.05) is 54.0 Å². The summed E-state index contributed by atoms with van der Waals surface area (Å²) in [6.45, 7) is 2.70. The van der Waals surface area contributed by atoms with Gasteiger partial charge in [-0.15, -0.1) is 0 Å². The maximum absolute atomic E-state index is 12.4. The van der Waals surface area contributed by atoms with E-state index in [9.17, 15) is 4.79 Å². The number of amides is 1. The smallest absolute Gasteiger partial charge is 0.271 e. The van der Waals surface area contributed by atoms with Crippen molar-refractivity contribution < 1.29 is 4.79 Å². The number of nitrogens with one attached hydrogen (secondary N) is 1. The van der Waals surface area contributed by atoms with Gasteiger partial charge in [-0.25, -0.2) is 4.98 Å². The number of hydrogen-bond acceptors (Lipinski definition) is 3. The molecular weight excluding hydrogens is 383 g/mol. The van der Waals surface area contributed by atoms with Crippen LogP contribution in [0.25, 0.3) is 5.69 Å². The summed E-state index contributed by atoms with van der Waals surface area (Å²) >= 11 is 12.7. The highest BCUT2D eigenvalue weighted by molar-refractivity contribution is 6.36. The zero-order valence-electron chi connectivity index (χ0n) is 14.5. The largest absolute Gasteiger partial charge is 0.351 e. The summed E-state index contributed by atoms with van der Waals surface area (Å²) in [7, 11) is 0. The highest BCUT2D eigenvalue weighted by atomic mass is 35.5. The molecule has 0 fully saturated rings. The van der Waals surface area contributed by atoms with E-state index in [0.717, 1.165) is 22.5 Å². The first-order chi connectivity index (χ1) is 13.1. The standard InChI is InChI=1S/C20H16Cl2N4O/c1-2-23-20(27)19-17-10-24-18(13-5-3-4-6-15(13)22)14-8-7-12(21)9-16(14)26(17)11-25-19/h3-9,11H,2,10H2,1H3,(H,23,27). The monoisotopic (exact) mass is 398 g/mol. The fourth-order valence-electron chi connectivity index (χ4n) is 3.19. The van der Waals surface area contributed by atoms with Crippen molar-refractivity contribution in [2.75, 3.05) is 6.54 Å². The van der Waals surface area contributed by atoms with Crippen LogP contribution in [0, 0.1) is 0 Å². The predicted molar refractivity (Wildman–Crippen MR) is 107 cm³/mol. The lowest BCUT2D eigenvalue weighted by Gasteiger charge is -2.13. The topological polar surface area (TPSA) is 59.3 Å². The molecule has 136 valence electrons. The van der Waals surface area contributed by atoms with Crippen LogP contribution >= 0.6 is 23.2 Å². The van der Waals surface area contributed by atoms with Gasteiger partial charge in [-0.2, -0.15) is 0 Å². The number of carbonyl (C=O) groups is 1. The third-order valence-corrected chi connectivity index (χ3v) is 4.97. The van der Waals surface area contributed by atoms with Crippen LogP contribution in [0.5, 0.6) is 0 Å². The lowest BCUT2D eigenvalue weighted by molar-refractivity contribution is 0.0950. The van der Waals surface area contributed by atoms with Crippen LogP contribution in [0.1, 0.15) is 34.2 Å². The number of imidazole rings is 1. The summed E-state index contributed by atoms with van der Waals surface area (Å²) in [5.41, 5.74) is 4.38. The average molecular weight is 399 g/mol. The fourth-order valence-corrected chi connectivity index (χ4v) is 3.58. The first-order valence-electron chi connectivity index (χ1n) is 8.54. The third-order valence-electron chi connectivity index (χ3n) is 4.41. The zero-order chi connectivity index (χ0) is 19.0. The first kappa shape index (κ1) is 17.8. The fraction of sp³-hybridized carbons (Fsp3) is 0.150. The van der Waals surface area contributed by atoms with Crippen LogP contribution in [-0.4, -0.2) is 27.7 Å². The summed E-state index contributed by atoms with van der Waals surface area (Å²) in [4.78, 5) is 21.5. The second kappa shape index (κ2) is 7.18. The second-order valence-corrected chi connectivity index (χ2v) is 6.92. The number of nitrogens with zero attached hydrogens (tertiary/aromatic N) is 3. The number of aliphatic imine (C=N–C) groups is 1. The molecule has 0 spiro atoms. The van der Waals surface area contributed by atoms with Crippen molar-refractivity contribution in [1.29, 1.82) is 0 Å². The second-order valence-electron chi connectivity index (χ2n) is 6.08. The molecule has 7 heteroatoms. The lowest BCUT2D eigenvalue weighted by Crippen LogP contribution is -2.24. The molecule has 3 aromatic rings. The Morgan fingerprint density at radius 1 is 1.19 bits per heavy atom. The maximum Gasteiger partial charge on any atom is 0.271 e. The van der Waals surface area contributed by atoms with Gasteiger partial charge in [-0.05, 0) is 31.2 Å². The van der Waals surface area contributed by atoms with E-state index in [-0.39, 0.29) is 5.91 Å². The SMILES string of the molecule is CCNC(=O)c1ncn2c1CN=C(c1ccccc1Cl)c1ccc(Cl)cc1-2. The molecule has 1 amide bonds. The minimum absolute atomic E-state index is 0.216. The number of aromatic nitrogens is 2. The molecule has 0 bridgehead atoms. The van der Waals surface area contributed by atoms with E-state index in [2.05, 4.69) is 10.3 Å². The van der Waals surface area contributed by atoms with Crippen molar-refractivity contribution in [3.8, 4) is 5.69 Å². The Morgan fingerprint density at radius 2 is 2.00 bits per heavy atom. The Labute approximate surface area is 166 Å². The van der Waals surface area contributed by atoms with Gasteiger partial charge in [0.25, 0.3) is 5.91 Å². The maximum atomic E-state index is 12.4. The summed E-state index contributed by atoms with van der Waals surface area (Å²) < 4.78 is 1.87. The van der Waals surface area contributed by atoms with Gasteiger partial charge < -0.3 is 5.32 Å². The third kappa shape index (κ3) is 3.13. The quantitative estimate of drug-likeness (QED) is 0.715. The van der Waals surface area contributed by atoms with Crippen molar-refractivity contribution in [3.63, 3.8) is 0 Å². The van der Waals surface area contributed by atoms with E-state index in [0.29, 0.717) is 34.5 Å². The molecule has 0 saturated carbocycles. The molecule has 0 unspecified atom stereocenters. The predicted octanol–water partition coefficient (Wildman–Crippen LogP) is 4.28.